The van der Waals surface area contributed by atoms with E-state index >= 15 is 0 Å². The molecule has 0 atom stereocenters. The van der Waals surface area contributed by atoms with Crippen molar-refractivity contribution >= 4 is 26.7 Å². The maximum absolute atomic E-state index is 12.0. The van der Waals surface area contributed by atoms with E-state index in [0.717, 1.165) is 29.5 Å². The largest absolute Gasteiger partial charge is 0.348 e. The minimum atomic E-state index is -3.54. The number of nitrogens with one attached hydrogen (secondary N) is 2. The normalized spacial score (nSPS) is 15.2. The van der Waals surface area contributed by atoms with Crippen LogP contribution in [0.5, 0.6) is 0 Å². The molecule has 1 aromatic heterocycles. The van der Waals surface area contributed by atoms with Crippen molar-refractivity contribution in [1.82, 2.24) is 14.4 Å². The summed E-state index contributed by atoms with van der Waals surface area (Å²) < 4.78 is 29.0. The van der Waals surface area contributed by atoms with Gasteiger partial charge in [0.25, 0.3) is 10.2 Å². The van der Waals surface area contributed by atoms with Gasteiger partial charge in [-0.05, 0) is 18.4 Å². The van der Waals surface area contributed by atoms with Gasteiger partial charge in [-0.25, -0.2) is 4.98 Å². The van der Waals surface area contributed by atoms with Gasteiger partial charge in [0.15, 0.2) is 5.13 Å². The molecule has 0 bridgehead atoms. The van der Waals surface area contributed by atoms with Crippen molar-refractivity contribution in [3.63, 3.8) is 0 Å². The standard InChI is InChI=1S/C15H20N4O2S2/c20-23(21,16-10-13-6-2-1-3-7-13)17-11-14-12-22-15(18-14)19-8-4-5-9-19/h1-3,6-7,12,16-17H,4-5,8-11H2. The van der Waals surface area contributed by atoms with Gasteiger partial charge in [-0.1, -0.05) is 30.3 Å². The third-order valence-corrected chi connectivity index (χ3v) is 5.67. The number of benzene rings is 1. The summed E-state index contributed by atoms with van der Waals surface area (Å²) in [6, 6.07) is 9.42. The van der Waals surface area contributed by atoms with E-state index in [1.807, 2.05) is 35.7 Å². The Hall–Kier alpha value is -1.48. The molecule has 6 nitrogen and oxygen atoms in total. The highest BCUT2D eigenvalue weighted by Gasteiger charge is 2.16. The Kier molecular flexibility index (Phi) is 5.27. The monoisotopic (exact) mass is 352 g/mol. The molecule has 8 heteroatoms. The summed E-state index contributed by atoms with van der Waals surface area (Å²) in [5, 5.41) is 2.89. The summed E-state index contributed by atoms with van der Waals surface area (Å²) in [5.41, 5.74) is 1.67. The van der Waals surface area contributed by atoms with Crippen molar-refractivity contribution in [2.24, 2.45) is 0 Å². The van der Waals surface area contributed by atoms with Crippen molar-refractivity contribution in [2.45, 2.75) is 25.9 Å². The van der Waals surface area contributed by atoms with Gasteiger partial charge in [0.05, 0.1) is 12.2 Å². The Morgan fingerprint density at radius 1 is 1.09 bits per heavy atom. The van der Waals surface area contributed by atoms with Crippen LogP contribution in [0, 0.1) is 0 Å². The van der Waals surface area contributed by atoms with Gasteiger partial charge in [-0.15, -0.1) is 11.3 Å². The van der Waals surface area contributed by atoms with E-state index in [2.05, 4.69) is 19.3 Å². The summed E-state index contributed by atoms with van der Waals surface area (Å²) in [4.78, 5) is 6.75. The van der Waals surface area contributed by atoms with E-state index in [0.29, 0.717) is 0 Å². The lowest BCUT2D eigenvalue weighted by Crippen LogP contribution is -2.35. The van der Waals surface area contributed by atoms with Crippen LogP contribution in [0.25, 0.3) is 0 Å². The molecule has 2 heterocycles. The summed E-state index contributed by atoms with van der Waals surface area (Å²) in [7, 11) is -3.54. The van der Waals surface area contributed by atoms with Gasteiger partial charge in [0.2, 0.25) is 0 Å². The van der Waals surface area contributed by atoms with Crippen molar-refractivity contribution < 1.29 is 8.42 Å². The van der Waals surface area contributed by atoms with Crippen LogP contribution in [0.1, 0.15) is 24.1 Å². The first-order valence-corrected chi connectivity index (χ1v) is 9.96. The smallest absolute Gasteiger partial charge is 0.277 e. The summed E-state index contributed by atoms with van der Waals surface area (Å²) in [5.74, 6) is 0. The Morgan fingerprint density at radius 3 is 2.52 bits per heavy atom. The van der Waals surface area contributed by atoms with Crippen LogP contribution >= 0.6 is 11.3 Å². The molecule has 0 aliphatic carbocycles. The zero-order chi connectivity index (χ0) is 16.1. The van der Waals surface area contributed by atoms with E-state index < -0.39 is 10.2 Å². The van der Waals surface area contributed by atoms with Crippen LogP contribution in [0.2, 0.25) is 0 Å². The number of thiazole rings is 1. The Bertz CT molecular complexity index is 725. The molecule has 1 aliphatic heterocycles. The fraction of sp³-hybridized carbons (Fsp3) is 0.400. The average molecular weight is 352 g/mol. The molecule has 124 valence electrons. The molecule has 1 aliphatic rings. The Morgan fingerprint density at radius 2 is 1.78 bits per heavy atom. The molecule has 0 unspecified atom stereocenters. The summed E-state index contributed by atoms with van der Waals surface area (Å²) in [6.07, 6.45) is 2.40. The molecule has 0 spiro atoms. The minimum Gasteiger partial charge on any atom is -0.348 e. The highest BCUT2D eigenvalue weighted by atomic mass is 32.2. The molecule has 2 aromatic rings. The number of nitrogens with zero attached hydrogens (tertiary/aromatic N) is 2. The molecule has 0 radical (unpaired) electrons. The van der Waals surface area contributed by atoms with Crippen LogP contribution in [0.15, 0.2) is 35.7 Å². The topological polar surface area (TPSA) is 74.3 Å². The maximum atomic E-state index is 12.0. The second kappa shape index (κ2) is 7.39. The SMILES string of the molecule is O=S(=O)(NCc1ccccc1)NCc1csc(N2CCCC2)n1. The van der Waals surface area contributed by atoms with Crippen LogP contribution in [-0.2, 0) is 23.3 Å². The van der Waals surface area contributed by atoms with Crippen LogP contribution in [0.3, 0.4) is 0 Å². The summed E-state index contributed by atoms with van der Waals surface area (Å²) in [6.45, 7) is 2.55. The van der Waals surface area contributed by atoms with Crippen molar-refractivity contribution in [3.8, 4) is 0 Å². The number of rotatable bonds is 7. The third kappa shape index (κ3) is 4.74. The second-order valence-electron chi connectivity index (χ2n) is 5.45. The zero-order valence-corrected chi connectivity index (χ0v) is 14.4. The van der Waals surface area contributed by atoms with E-state index in [1.165, 1.54) is 12.8 Å². The lowest BCUT2D eigenvalue weighted by Gasteiger charge is -2.12. The number of hydrogen-bond donors (Lipinski definition) is 2. The van der Waals surface area contributed by atoms with Gasteiger partial charge in [0, 0.05) is 25.0 Å². The molecule has 3 rings (SSSR count). The lowest BCUT2D eigenvalue weighted by atomic mass is 10.2. The minimum absolute atomic E-state index is 0.203. The molecule has 1 saturated heterocycles. The molecule has 23 heavy (non-hydrogen) atoms. The van der Waals surface area contributed by atoms with Crippen LogP contribution < -0.4 is 14.3 Å². The molecular weight excluding hydrogens is 332 g/mol. The van der Waals surface area contributed by atoms with Gasteiger partial charge in [-0.3, -0.25) is 0 Å². The number of hydrogen-bond acceptors (Lipinski definition) is 5. The Labute approximate surface area is 140 Å². The van der Waals surface area contributed by atoms with Crippen molar-refractivity contribution in [3.05, 3.63) is 47.0 Å². The number of anilines is 1. The maximum Gasteiger partial charge on any atom is 0.277 e. The quantitative estimate of drug-likeness (QED) is 0.798. The Balaban J connectivity index is 1.50. The molecule has 0 saturated carbocycles. The molecular formula is C15H20N4O2S2. The van der Waals surface area contributed by atoms with E-state index in [-0.39, 0.29) is 13.1 Å². The fourth-order valence-electron chi connectivity index (χ4n) is 2.43. The lowest BCUT2D eigenvalue weighted by molar-refractivity contribution is 0.565. The van der Waals surface area contributed by atoms with Crippen molar-refractivity contribution in [1.29, 1.82) is 0 Å². The second-order valence-corrected chi connectivity index (χ2v) is 7.87. The number of aromatic nitrogens is 1. The predicted octanol–water partition coefficient (Wildman–Crippen LogP) is 1.87. The first-order valence-electron chi connectivity index (χ1n) is 7.60. The van der Waals surface area contributed by atoms with Gasteiger partial charge < -0.3 is 4.90 Å². The highest BCUT2D eigenvalue weighted by Crippen LogP contribution is 2.24. The van der Waals surface area contributed by atoms with Crippen LogP contribution in [-0.4, -0.2) is 26.5 Å². The first kappa shape index (κ1) is 16.4. The van der Waals surface area contributed by atoms with E-state index in [9.17, 15) is 8.42 Å². The van der Waals surface area contributed by atoms with Gasteiger partial charge in [-0.2, -0.15) is 17.9 Å². The van der Waals surface area contributed by atoms with Crippen LogP contribution in [0.4, 0.5) is 5.13 Å². The van der Waals surface area contributed by atoms with E-state index in [1.54, 1.807) is 11.3 Å². The summed E-state index contributed by atoms with van der Waals surface area (Å²) >= 11 is 1.57. The highest BCUT2D eigenvalue weighted by molar-refractivity contribution is 7.87. The third-order valence-electron chi connectivity index (χ3n) is 3.67. The average Bonchev–Trinajstić information content (AvgIpc) is 3.23. The molecule has 1 fully saturated rings. The van der Waals surface area contributed by atoms with Gasteiger partial charge in [0.1, 0.15) is 0 Å². The van der Waals surface area contributed by atoms with Crippen molar-refractivity contribution in [2.75, 3.05) is 18.0 Å². The molecule has 2 N–H and O–H groups in total. The predicted molar refractivity (Wildman–Crippen MR) is 92.6 cm³/mol. The van der Waals surface area contributed by atoms with Gasteiger partial charge >= 0.3 is 0 Å². The van der Waals surface area contributed by atoms with E-state index in [4.69, 9.17) is 0 Å². The zero-order valence-electron chi connectivity index (χ0n) is 12.7. The molecule has 0 amide bonds. The first-order chi connectivity index (χ1) is 11.1. The molecule has 1 aromatic carbocycles. The fourth-order valence-corrected chi connectivity index (χ4v) is 4.10.